The van der Waals surface area contributed by atoms with Crippen molar-refractivity contribution < 1.29 is 4.74 Å². The van der Waals surface area contributed by atoms with Gasteiger partial charge in [-0.15, -0.1) is 0 Å². The summed E-state index contributed by atoms with van der Waals surface area (Å²) in [6, 6.07) is 43.9. The summed E-state index contributed by atoms with van der Waals surface area (Å²) in [6.45, 7) is 1.86. The van der Waals surface area contributed by atoms with Gasteiger partial charge in [-0.1, -0.05) is 97.1 Å². The zero-order valence-electron chi connectivity index (χ0n) is 23.5. The fourth-order valence-corrected chi connectivity index (χ4v) is 6.10. The first kappa shape index (κ1) is 26.4. The van der Waals surface area contributed by atoms with Gasteiger partial charge in [0.1, 0.15) is 18.5 Å². The van der Waals surface area contributed by atoms with Crippen LogP contribution < -0.4 is 4.74 Å². The Kier molecular flexibility index (Phi) is 7.00. The highest BCUT2D eigenvalue weighted by Gasteiger charge is 2.44. The minimum Gasteiger partial charge on any atom is -0.471 e. The molecule has 4 heterocycles. The molecule has 0 saturated carbocycles. The van der Waals surface area contributed by atoms with Crippen LogP contribution in [0.4, 0.5) is 0 Å². The predicted octanol–water partition coefficient (Wildman–Crippen LogP) is 7.03. The second kappa shape index (κ2) is 11.4. The van der Waals surface area contributed by atoms with E-state index in [1.54, 1.807) is 18.3 Å². The largest absolute Gasteiger partial charge is 0.471 e. The Morgan fingerprint density at radius 3 is 1.79 bits per heavy atom. The van der Waals surface area contributed by atoms with Gasteiger partial charge in [0.25, 0.3) is 0 Å². The number of nitriles is 1. The van der Waals surface area contributed by atoms with Crippen molar-refractivity contribution in [3.63, 3.8) is 0 Å². The standard InChI is InChI=1S/C37H29N5O/c38-21-28-19-20-34(39-22-28)27-43-36-18-10-17-35(40-36)41-23-29-25-42(26-30(29)24-41)37(31-11-4-1-5-12-31,32-13-6-2-7-14-32)33-15-8-3-9-16-33/h1-20,22-24H,25-27H2. The second-order valence-corrected chi connectivity index (χ2v) is 10.7. The highest BCUT2D eigenvalue weighted by atomic mass is 16.5. The average molecular weight is 560 g/mol. The molecule has 3 aromatic heterocycles. The van der Waals surface area contributed by atoms with E-state index in [1.165, 1.54) is 27.8 Å². The molecule has 0 bridgehead atoms. The Morgan fingerprint density at radius 2 is 1.28 bits per heavy atom. The number of pyridine rings is 2. The fraction of sp³-hybridized carbons (Fsp3) is 0.108. The number of ether oxygens (including phenoxy) is 1. The first-order valence-electron chi connectivity index (χ1n) is 14.3. The highest BCUT2D eigenvalue weighted by Crippen LogP contribution is 2.46. The Balaban J connectivity index is 1.19. The molecule has 0 N–H and O–H groups in total. The third kappa shape index (κ3) is 4.97. The van der Waals surface area contributed by atoms with E-state index in [0.717, 1.165) is 24.6 Å². The lowest BCUT2D eigenvalue weighted by Crippen LogP contribution is -2.45. The maximum absolute atomic E-state index is 8.99. The van der Waals surface area contributed by atoms with Crippen molar-refractivity contribution in [3.05, 3.63) is 179 Å². The molecule has 0 unspecified atom stereocenters. The smallest absolute Gasteiger partial charge is 0.215 e. The van der Waals surface area contributed by atoms with E-state index < -0.39 is 5.54 Å². The van der Waals surface area contributed by atoms with Gasteiger partial charge in [-0.25, -0.2) is 0 Å². The van der Waals surface area contributed by atoms with Crippen LogP contribution in [0.15, 0.2) is 140 Å². The minimum absolute atomic E-state index is 0.278. The van der Waals surface area contributed by atoms with Gasteiger partial charge in [0.15, 0.2) is 0 Å². The van der Waals surface area contributed by atoms with Crippen LogP contribution >= 0.6 is 0 Å². The van der Waals surface area contributed by atoms with Crippen molar-refractivity contribution >= 4 is 0 Å². The molecule has 6 heteroatoms. The SMILES string of the molecule is N#Cc1ccc(COc2cccc(-n3cc4c(c3)CN(C(c3ccccc3)(c3ccccc3)c3ccccc3)C4)n2)nc1. The summed E-state index contributed by atoms with van der Waals surface area (Å²) in [5, 5.41) is 8.99. The van der Waals surface area contributed by atoms with Gasteiger partial charge in [-0.3, -0.25) is 9.88 Å². The summed E-state index contributed by atoms with van der Waals surface area (Å²) < 4.78 is 8.02. The number of fused-ring (bicyclic) bond motifs is 1. The van der Waals surface area contributed by atoms with E-state index in [1.807, 2.05) is 18.2 Å². The van der Waals surface area contributed by atoms with Gasteiger partial charge < -0.3 is 9.30 Å². The van der Waals surface area contributed by atoms with Crippen LogP contribution in [0, 0.1) is 11.3 Å². The summed E-state index contributed by atoms with van der Waals surface area (Å²) in [6.07, 6.45) is 5.93. The monoisotopic (exact) mass is 559 g/mol. The lowest BCUT2D eigenvalue weighted by atomic mass is 9.75. The van der Waals surface area contributed by atoms with Crippen molar-refractivity contribution in [2.45, 2.75) is 25.2 Å². The van der Waals surface area contributed by atoms with Crippen molar-refractivity contribution in [1.82, 2.24) is 19.4 Å². The number of aromatic nitrogens is 3. The fourth-order valence-electron chi connectivity index (χ4n) is 6.10. The molecule has 6 aromatic rings. The lowest BCUT2D eigenvalue weighted by molar-refractivity contribution is 0.156. The average Bonchev–Trinajstić information content (AvgIpc) is 3.67. The molecular formula is C37H29N5O. The third-order valence-corrected chi connectivity index (χ3v) is 8.07. The number of hydrogen-bond donors (Lipinski definition) is 0. The van der Waals surface area contributed by atoms with E-state index in [-0.39, 0.29) is 6.61 Å². The Morgan fingerprint density at radius 1 is 0.698 bits per heavy atom. The van der Waals surface area contributed by atoms with Gasteiger partial charge in [0, 0.05) is 37.7 Å². The molecule has 1 aliphatic rings. The number of rotatable bonds is 8. The number of benzene rings is 3. The molecule has 0 amide bonds. The molecule has 7 rings (SSSR count). The van der Waals surface area contributed by atoms with Crippen molar-refractivity contribution in [2.75, 3.05) is 0 Å². The molecular weight excluding hydrogens is 530 g/mol. The molecule has 0 aliphatic carbocycles. The van der Waals surface area contributed by atoms with Gasteiger partial charge >= 0.3 is 0 Å². The Bertz CT molecular complexity index is 1760. The molecule has 0 atom stereocenters. The van der Waals surface area contributed by atoms with Crippen LogP contribution in [0.5, 0.6) is 5.88 Å². The number of nitrogens with zero attached hydrogens (tertiary/aromatic N) is 5. The zero-order valence-corrected chi connectivity index (χ0v) is 23.5. The van der Waals surface area contributed by atoms with Crippen LogP contribution in [0.25, 0.3) is 5.82 Å². The van der Waals surface area contributed by atoms with E-state index in [2.05, 4.69) is 124 Å². The zero-order chi connectivity index (χ0) is 29.1. The maximum atomic E-state index is 8.99. The molecule has 0 fully saturated rings. The first-order chi connectivity index (χ1) is 21.2. The molecule has 1 aliphatic heterocycles. The van der Waals surface area contributed by atoms with Gasteiger partial charge in [-0.2, -0.15) is 10.2 Å². The van der Waals surface area contributed by atoms with Crippen LogP contribution in [0.2, 0.25) is 0 Å². The minimum atomic E-state index is -0.452. The normalized spacial score (nSPS) is 12.9. The van der Waals surface area contributed by atoms with Crippen LogP contribution in [0.3, 0.4) is 0 Å². The molecule has 0 saturated heterocycles. The summed E-state index contributed by atoms with van der Waals surface area (Å²) in [5.74, 6) is 1.32. The summed E-state index contributed by atoms with van der Waals surface area (Å²) in [5.41, 5.74) is 7.11. The summed E-state index contributed by atoms with van der Waals surface area (Å²) in [4.78, 5) is 11.6. The Labute approximate surface area is 251 Å². The first-order valence-corrected chi connectivity index (χ1v) is 14.3. The molecule has 6 nitrogen and oxygen atoms in total. The molecule has 0 spiro atoms. The van der Waals surface area contributed by atoms with Crippen LogP contribution in [-0.2, 0) is 25.2 Å². The summed E-state index contributed by atoms with van der Waals surface area (Å²) >= 11 is 0. The number of hydrogen-bond acceptors (Lipinski definition) is 5. The summed E-state index contributed by atoms with van der Waals surface area (Å²) in [7, 11) is 0. The van der Waals surface area contributed by atoms with Gasteiger partial charge in [0.05, 0.1) is 16.8 Å². The van der Waals surface area contributed by atoms with Crippen LogP contribution in [0.1, 0.15) is 39.1 Å². The van der Waals surface area contributed by atoms with Crippen LogP contribution in [-0.4, -0.2) is 19.4 Å². The van der Waals surface area contributed by atoms with Gasteiger partial charge in [-0.05, 0) is 46.0 Å². The highest BCUT2D eigenvalue weighted by molar-refractivity contribution is 5.51. The Hall–Kier alpha value is -5.51. The maximum Gasteiger partial charge on any atom is 0.215 e. The lowest BCUT2D eigenvalue weighted by Gasteiger charge is -2.44. The van der Waals surface area contributed by atoms with E-state index in [9.17, 15) is 0 Å². The quantitative estimate of drug-likeness (QED) is 0.187. The third-order valence-electron chi connectivity index (χ3n) is 8.07. The van der Waals surface area contributed by atoms with E-state index in [0.29, 0.717) is 11.4 Å². The predicted molar refractivity (Wildman–Crippen MR) is 165 cm³/mol. The topological polar surface area (TPSA) is 67.0 Å². The molecule has 208 valence electrons. The van der Waals surface area contributed by atoms with E-state index in [4.69, 9.17) is 15.0 Å². The second-order valence-electron chi connectivity index (χ2n) is 10.7. The molecule has 43 heavy (non-hydrogen) atoms. The van der Waals surface area contributed by atoms with Gasteiger partial charge in [0.2, 0.25) is 5.88 Å². The van der Waals surface area contributed by atoms with Crippen molar-refractivity contribution in [1.29, 1.82) is 5.26 Å². The van der Waals surface area contributed by atoms with Crippen molar-refractivity contribution in [3.8, 4) is 17.8 Å². The van der Waals surface area contributed by atoms with Crippen molar-refractivity contribution in [2.24, 2.45) is 0 Å². The molecule has 0 radical (unpaired) electrons. The van der Waals surface area contributed by atoms with E-state index >= 15 is 0 Å². The molecule has 3 aromatic carbocycles.